The van der Waals surface area contributed by atoms with E-state index in [4.69, 9.17) is 9.57 Å². The van der Waals surface area contributed by atoms with Gasteiger partial charge in [0.2, 0.25) is 5.28 Å². The molecule has 1 aliphatic heterocycles. The molecule has 0 bridgehead atoms. The summed E-state index contributed by atoms with van der Waals surface area (Å²) >= 11 is 0. The van der Waals surface area contributed by atoms with Crippen LogP contribution in [-0.2, 0) is 35.4 Å². The highest BCUT2D eigenvalue weighted by Crippen LogP contribution is 2.33. The number of hydrogen-bond donors (Lipinski definition) is 1. The molecule has 0 spiro atoms. The highest BCUT2D eigenvalue weighted by Gasteiger charge is 2.39. The summed E-state index contributed by atoms with van der Waals surface area (Å²) in [6.45, 7) is 6.46. The van der Waals surface area contributed by atoms with Crippen LogP contribution in [0.15, 0.2) is 64.8 Å². The smallest absolute Gasteiger partial charge is 0.435 e. The van der Waals surface area contributed by atoms with Crippen molar-refractivity contribution in [2.45, 2.75) is 63.9 Å². The molecule has 13 nitrogen and oxygen atoms in total. The van der Waals surface area contributed by atoms with Crippen LogP contribution in [0.3, 0.4) is 0 Å². The maximum Gasteiger partial charge on any atom is 0.435 e. The lowest BCUT2D eigenvalue weighted by Crippen LogP contribution is -2.47. The number of hydrazine groups is 1. The minimum atomic E-state index is -4.72. The summed E-state index contributed by atoms with van der Waals surface area (Å²) in [4.78, 5) is 29.1. The van der Waals surface area contributed by atoms with Gasteiger partial charge < -0.3 is 9.94 Å². The molecule has 4 rings (SSSR count). The van der Waals surface area contributed by atoms with E-state index in [0.29, 0.717) is 12.0 Å². The average Bonchev–Trinajstić information content (AvgIpc) is 3.65. The highest BCUT2D eigenvalue weighted by atomic mass is 32.2. The third-order valence-corrected chi connectivity index (χ3v) is 8.10. The second-order valence-corrected chi connectivity index (χ2v) is 12.3. The Morgan fingerprint density at radius 2 is 1.76 bits per heavy atom. The Labute approximate surface area is 256 Å². The molecule has 0 saturated carbocycles. The summed E-state index contributed by atoms with van der Waals surface area (Å²) in [7, 11) is -4.45. The van der Waals surface area contributed by atoms with Crippen LogP contribution in [0.1, 0.15) is 44.9 Å². The van der Waals surface area contributed by atoms with Gasteiger partial charge in [-0.15, -0.1) is 5.01 Å². The largest absolute Gasteiger partial charge is 0.569 e. The van der Waals surface area contributed by atoms with E-state index in [-0.39, 0.29) is 34.2 Å². The van der Waals surface area contributed by atoms with Crippen molar-refractivity contribution in [2.75, 3.05) is 6.54 Å². The zero-order valence-corrected chi connectivity index (χ0v) is 25.5. The Morgan fingerprint density at radius 3 is 2.36 bits per heavy atom. The molecule has 2 atom stereocenters. The fourth-order valence-electron chi connectivity index (χ4n) is 4.37. The van der Waals surface area contributed by atoms with Gasteiger partial charge in [0, 0.05) is 12.5 Å². The van der Waals surface area contributed by atoms with Crippen LogP contribution in [0.4, 0.5) is 13.2 Å². The third-order valence-electron chi connectivity index (χ3n) is 6.74. The van der Waals surface area contributed by atoms with Crippen LogP contribution in [0.5, 0.6) is 0 Å². The van der Waals surface area contributed by atoms with Gasteiger partial charge in [0.05, 0.1) is 33.7 Å². The second-order valence-electron chi connectivity index (χ2n) is 10.6. The van der Waals surface area contributed by atoms with Crippen molar-refractivity contribution in [3.8, 4) is 16.9 Å². The number of nitrogens with one attached hydrogen (secondary N) is 1. The molecule has 45 heavy (non-hydrogen) atoms. The van der Waals surface area contributed by atoms with Crippen LogP contribution >= 0.6 is 0 Å². The molecule has 0 aliphatic carbocycles. The molecule has 1 amide bonds. The van der Waals surface area contributed by atoms with Crippen molar-refractivity contribution in [3.63, 3.8) is 0 Å². The van der Waals surface area contributed by atoms with Gasteiger partial charge in [-0.2, -0.15) is 18.3 Å². The standard InChI is InChI=1S/C28H31F3N6O7S/c1-17(2)27(39)43-19(4)44-34-37(40)35-15-5-6-23(35)26(38)33-45(41,42)22-13-11-21(12-14-22)36-24(16-25(32-36)28(29,30)31)20-9-7-18(3)8-10-20/h7-14,16-17,19,23H,5-6,15H2,1-4H3,(H,33,38)/b37-34-/t19?,23-/m0/s1. The molecule has 1 aromatic heterocycles. The number of amides is 1. The van der Waals surface area contributed by atoms with E-state index < -0.39 is 52.0 Å². The Balaban J connectivity index is 1.49. The van der Waals surface area contributed by atoms with E-state index in [9.17, 15) is 36.4 Å². The monoisotopic (exact) mass is 652 g/mol. The number of aryl methyl sites for hydroxylation is 1. The molecular weight excluding hydrogens is 621 g/mol. The summed E-state index contributed by atoms with van der Waals surface area (Å²) in [6.07, 6.45) is -5.41. The molecule has 1 fully saturated rings. The van der Waals surface area contributed by atoms with Crippen LogP contribution in [0.25, 0.3) is 16.9 Å². The maximum atomic E-state index is 13.5. The molecule has 242 valence electrons. The molecule has 1 unspecified atom stereocenters. The summed E-state index contributed by atoms with van der Waals surface area (Å²) in [5.74, 6) is -2.02. The number of nitrogens with zero attached hydrogens (tertiary/aromatic N) is 5. The van der Waals surface area contributed by atoms with E-state index in [0.717, 1.165) is 33.5 Å². The van der Waals surface area contributed by atoms with E-state index >= 15 is 0 Å². The van der Waals surface area contributed by atoms with Gasteiger partial charge >= 0.3 is 12.1 Å². The molecule has 3 aromatic rings. The SMILES string of the molecule is Cc1ccc(-c2cc(C(F)(F)F)nn2-c2ccc(S(=O)(=O)NC(=O)[C@@H]3CCCN3/[N+]([O-])=N/OC(C)OC(=O)C(C)C)cc2)cc1. The van der Waals surface area contributed by atoms with Gasteiger partial charge in [-0.3, -0.25) is 14.4 Å². The number of carbonyl (C=O) groups is 2. The number of sulfonamides is 1. The van der Waals surface area contributed by atoms with Gasteiger partial charge in [0.25, 0.3) is 22.2 Å². The number of carbonyl (C=O) groups excluding carboxylic acids is 2. The highest BCUT2D eigenvalue weighted by molar-refractivity contribution is 7.90. The van der Waals surface area contributed by atoms with Crippen LogP contribution in [-0.4, -0.2) is 58.9 Å². The fraction of sp³-hybridized carbons (Fsp3) is 0.393. The van der Waals surface area contributed by atoms with E-state index in [1.807, 2.05) is 11.6 Å². The van der Waals surface area contributed by atoms with Crippen molar-refractivity contribution >= 4 is 21.9 Å². The zero-order chi connectivity index (χ0) is 33.1. The molecule has 0 radical (unpaired) electrons. The molecule has 17 heteroatoms. The van der Waals surface area contributed by atoms with Crippen molar-refractivity contribution in [1.82, 2.24) is 19.5 Å². The normalized spacial score (nSPS) is 16.5. The summed E-state index contributed by atoms with van der Waals surface area (Å²) in [5.41, 5.74) is 0.521. The number of hydrogen-bond acceptors (Lipinski definition) is 9. The van der Waals surface area contributed by atoms with Gasteiger partial charge in [-0.05, 0) is 50.1 Å². The molecule has 2 heterocycles. The lowest BCUT2D eigenvalue weighted by atomic mass is 10.1. The van der Waals surface area contributed by atoms with Crippen LogP contribution in [0.2, 0.25) is 0 Å². The van der Waals surface area contributed by atoms with Crippen LogP contribution < -0.4 is 4.72 Å². The number of aromatic nitrogens is 2. The molecule has 1 aliphatic rings. The molecule has 2 aromatic carbocycles. The Morgan fingerprint density at radius 1 is 1.11 bits per heavy atom. The maximum absolute atomic E-state index is 13.5. The first-order chi connectivity index (χ1) is 21.1. The first-order valence-electron chi connectivity index (χ1n) is 13.8. The summed E-state index contributed by atoms with van der Waals surface area (Å²) in [5, 5.41) is 20.5. The molecule has 1 N–H and O–H groups in total. The third kappa shape index (κ3) is 7.89. The number of esters is 1. The average molecular weight is 653 g/mol. The second kappa shape index (κ2) is 13.1. The summed E-state index contributed by atoms with van der Waals surface area (Å²) < 4.78 is 74.6. The van der Waals surface area contributed by atoms with Gasteiger partial charge in [-0.25, -0.2) is 17.8 Å². The predicted octanol–water partition coefficient (Wildman–Crippen LogP) is 4.49. The Bertz CT molecular complexity index is 1670. The first-order valence-corrected chi connectivity index (χ1v) is 15.3. The summed E-state index contributed by atoms with van der Waals surface area (Å²) in [6, 6.07) is 11.2. The number of rotatable bonds is 10. The van der Waals surface area contributed by atoms with E-state index in [1.54, 1.807) is 38.1 Å². The quantitative estimate of drug-likeness (QED) is 0.110. The minimum Gasteiger partial charge on any atom is -0.569 e. The van der Waals surface area contributed by atoms with Gasteiger partial charge in [0.15, 0.2) is 11.7 Å². The van der Waals surface area contributed by atoms with E-state index in [1.165, 1.54) is 19.1 Å². The number of alkyl halides is 3. The van der Waals surface area contributed by atoms with Crippen molar-refractivity contribution < 1.29 is 45.7 Å². The van der Waals surface area contributed by atoms with Crippen molar-refractivity contribution in [1.29, 1.82) is 0 Å². The zero-order valence-electron chi connectivity index (χ0n) is 24.7. The number of benzene rings is 2. The van der Waals surface area contributed by atoms with Crippen molar-refractivity contribution in [3.05, 3.63) is 71.1 Å². The molecular formula is C28H31F3N6O7S. The van der Waals surface area contributed by atoms with E-state index in [2.05, 4.69) is 10.4 Å². The minimum absolute atomic E-state index is 0.0106. The topological polar surface area (TPSA) is 158 Å². The molecule has 1 saturated heterocycles. The Kier molecular flexibility index (Phi) is 9.70. The fourth-order valence-corrected chi connectivity index (χ4v) is 5.38. The lowest BCUT2D eigenvalue weighted by Gasteiger charge is -2.20. The van der Waals surface area contributed by atoms with Crippen LogP contribution in [0, 0.1) is 18.0 Å². The van der Waals surface area contributed by atoms with Gasteiger partial charge in [-0.1, -0.05) is 43.7 Å². The first kappa shape index (κ1) is 33.2. The number of halogens is 3. The van der Waals surface area contributed by atoms with Gasteiger partial charge in [0.1, 0.15) is 0 Å². The number of ether oxygens (including phenoxy) is 1. The lowest BCUT2D eigenvalue weighted by molar-refractivity contribution is -0.713. The predicted molar refractivity (Wildman–Crippen MR) is 151 cm³/mol. The van der Waals surface area contributed by atoms with Crippen molar-refractivity contribution in [2.24, 2.45) is 11.2 Å². The Hall–Kier alpha value is -4.67.